The molecule has 0 spiro atoms. The molecule has 1 fully saturated rings. The van der Waals surface area contributed by atoms with Crippen molar-refractivity contribution < 1.29 is 4.74 Å². The Hall–Kier alpha value is -1.04. The molecule has 0 N–H and O–H groups in total. The highest BCUT2D eigenvalue weighted by Crippen LogP contribution is 2.32. The van der Waals surface area contributed by atoms with Gasteiger partial charge < -0.3 is 4.74 Å². The zero-order valence-corrected chi connectivity index (χ0v) is 9.13. The molecule has 1 aliphatic rings. The van der Waals surface area contributed by atoms with E-state index in [2.05, 4.69) is 6.07 Å². The first-order valence-corrected chi connectivity index (χ1v) is 5.35. The van der Waals surface area contributed by atoms with Gasteiger partial charge >= 0.3 is 0 Å². The van der Waals surface area contributed by atoms with Crippen LogP contribution in [0, 0.1) is 16.7 Å². The minimum absolute atomic E-state index is 0.326. The summed E-state index contributed by atoms with van der Waals surface area (Å²) in [6.07, 6.45) is 1.58. The Morgan fingerprint density at radius 3 is 2.67 bits per heavy atom. The minimum Gasteiger partial charge on any atom is -0.380 e. The third-order valence-electron chi connectivity index (χ3n) is 2.80. The van der Waals surface area contributed by atoms with Crippen LogP contribution in [0.1, 0.15) is 12.0 Å². The molecule has 0 amide bonds. The van der Waals surface area contributed by atoms with Crippen molar-refractivity contribution in [3.05, 3.63) is 34.9 Å². The third-order valence-corrected chi connectivity index (χ3v) is 3.05. The molecule has 0 bridgehead atoms. The van der Waals surface area contributed by atoms with Crippen molar-refractivity contribution in [3.63, 3.8) is 0 Å². The fraction of sp³-hybridized carbons (Fsp3) is 0.417. The molecular weight excluding hydrogens is 210 g/mol. The summed E-state index contributed by atoms with van der Waals surface area (Å²) in [5.41, 5.74) is 0.819. The van der Waals surface area contributed by atoms with E-state index in [1.54, 1.807) is 0 Å². The number of rotatable bonds is 2. The summed E-state index contributed by atoms with van der Waals surface area (Å²) in [5.74, 6) is 0. The lowest BCUT2D eigenvalue weighted by Gasteiger charge is -2.17. The van der Waals surface area contributed by atoms with E-state index in [0.29, 0.717) is 13.2 Å². The summed E-state index contributed by atoms with van der Waals surface area (Å²) in [5, 5.41) is 9.91. The van der Waals surface area contributed by atoms with Crippen LogP contribution in [0.15, 0.2) is 24.3 Å². The van der Waals surface area contributed by atoms with Crippen LogP contribution in [0.5, 0.6) is 0 Å². The maximum atomic E-state index is 9.18. The zero-order chi connectivity index (χ0) is 10.7. The molecule has 1 aromatic carbocycles. The SMILES string of the molecule is N#CC1(Cc2ccc(Cl)cc2)CCOC1. The number of hydrogen-bond donors (Lipinski definition) is 0. The van der Waals surface area contributed by atoms with E-state index >= 15 is 0 Å². The first-order chi connectivity index (χ1) is 7.24. The van der Waals surface area contributed by atoms with Crippen molar-refractivity contribution in [2.75, 3.05) is 13.2 Å². The maximum Gasteiger partial charge on any atom is 0.0868 e. The molecule has 1 saturated heterocycles. The highest BCUT2D eigenvalue weighted by molar-refractivity contribution is 6.30. The molecule has 1 unspecified atom stereocenters. The van der Waals surface area contributed by atoms with Crippen LogP contribution in [-0.4, -0.2) is 13.2 Å². The number of nitrogens with zero attached hydrogens (tertiary/aromatic N) is 1. The van der Waals surface area contributed by atoms with Gasteiger partial charge in [0.05, 0.1) is 18.1 Å². The van der Waals surface area contributed by atoms with Gasteiger partial charge in [0.15, 0.2) is 0 Å². The van der Waals surface area contributed by atoms with Gasteiger partial charge in [0, 0.05) is 11.6 Å². The fourth-order valence-electron chi connectivity index (χ4n) is 1.87. The summed E-state index contributed by atoms with van der Waals surface area (Å²) in [7, 11) is 0. The topological polar surface area (TPSA) is 33.0 Å². The van der Waals surface area contributed by atoms with Gasteiger partial charge in [-0.05, 0) is 30.5 Å². The molecule has 1 heterocycles. The Morgan fingerprint density at radius 2 is 2.13 bits per heavy atom. The van der Waals surface area contributed by atoms with Gasteiger partial charge in [-0.2, -0.15) is 5.26 Å². The van der Waals surface area contributed by atoms with Crippen LogP contribution in [0.2, 0.25) is 5.02 Å². The third kappa shape index (κ3) is 2.31. The van der Waals surface area contributed by atoms with Crippen LogP contribution in [0.4, 0.5) is 0 Å². The summed E-state index contributed by atoms with van der Waals surface area (Å²) in [4.78, 5) is 0. The average molecular weight is 222 g/mol. The Balaban J connectivity index is 2.14. The molecule has 1 aromatic rings. The average Bonchev–Trinajstić information content (AvgIpc) is 2.71. The predicted molar refractivity (Wildman–Crippen MR) is 58.6 cm³/mol. The first kappa shape index (κ1) is 10.5. The van der Waals surface area contributed by atoms with Gasteiger partial charge in [-0.1, -0.05) is 23.7 Å². The lowest BCUT2D eigenvalue weighted by atomic mass is 9.82. The number of benzene rings is 1. The molecule has 2 nitrogen and oxygen atoms in total. The molecule has 1 aliphatic heterocycles. The molecule has 3 heteroatoms. The maximum absolute atomic E-state index is 9.18. The molecule has 15 heavy (non-hydrogen) atoms. The Labute approximate surface area is 94.4 Å². The van der Waals surface area contributed by atoms with Crippen LogP contribution in [0.25, 0.3) is 0 Å². The van der Waals surface area contributed by atoms with Gasteiger partial charge in [0.25, 0.3) is 0 Å². The number of hydrogen-bond acceptors (Lipinski definition) is 2. The van der Waals surface area contributed by atoms with Gasteiger partial charge in [0.1, 0.15) is 0 Å². The van der Waals surface area contributed by atoms with Crippen molar-refractivity contribution in [2.45, 2.75) is 12.8 Å². The standard InChI is InChI=1S/C12H12ClNO/c13-11-3-1-10(2-4-11)7-12(8-14)5-6-15-9-12/h1-4H,5-7,9H2. The van der Waals surface area contributed by atoms with E-state index in [0.717, 1.165) is 23.4 Å². The summed E-state index contributed by atoms with van der Waals surface area (Å²) >= 11 is 5.81. The van der Waals surface area contributed by atoms with E-state index in [4.69, 9.17) is 16.3 Å². The second kappa shape index (κ2) is 4.22. The van der Waals surface area contributed by atoms with Crippen molar-refractivity contribution in [1.29, 1.82) is 5.26 Å². The van der Waals surface area contributed by atoms with Crippen LogP contribution < -0.4 is 0 Å². The highest BCUT2D eigenvalue weighted by atomic mass is 35.5. The normalized spacial score (nSPS) is 25.1. The Kier molecular flexibility index (Phi) is 2.95. The van der Waals surface area contributed by atoms with Crippen LogP contribution in [-0.2, 0) is 11.2 Å². The summed E-state index contributed by atoms with van der Waals surface area (Å²) in [6, 6.07) is 10.0. The van der Waals surface area contributed by atoms with Crippen molar-refractivity contribution in [3.8, 4) is 6.07 Å². The zero-order valence-electron chi connectivity index (χ0n) is 8.37. The van der Waals surface area contributed by atoms with Gasteiger partial charge in [-0.3, -0.25) is 0 Å². The van der Waals surface area contributed by atoms with E-state index < -0.39 is 0 Å². The Bertz CT molecular complexity index is 374. The largest absolute Gasteiger partial charge is 0.380 e. The molecule has 2 rings (SSSR count). The summed E-state index contributed by atoms with van der Waals surface area (Å²) in [6.45, 7) is 1.24. The molecule has 1 atom stereocenters. The second-order valence-electron chi connectivity index (χ2n) is 4.00. The van der Waals surface area contributed by atoms with E-state index in [1.165, 1.54) is 0 Å². The number of halogens is 1. The summed E-state index contributed by atoms with van der Waals surface area (Å²) < 4.78 is 5.30. The molecule has 0 radical (unpaired) electrons. The second-order valence-corrected chi connectivity index (χ2v) is 4.43. The van der Waals surface area contributed by atoms with Crippen LogP contribution >= 0.6 is 11.6 Å². The van der Waals surface area contributed by atoms with E-state index in [1.807, 2.05) is 24.3 Å². The highest BCUT2D eigenvalue weighted by Gasteiger charge is 2.35. The van der Waals surface area contributed by atoms with Gasteiger partial charge in [0.2, 0.25) is 0 Å². The molecule has 0 aromatic heterocycles. The molecular formula is C12H12ClNO. The Morgan fingerprint density at radius 1 is 1.40 bits per heavy atom. The van der Waals surface area contributed by atoms with Crippen molar-refractivity contribution >= 4 is 11.6 Å². The lowest BCUT2D eigenvalue weighted by Crippen LogP contribution is -2.21. The number of ether oxygens (including phenoxy) is 1. The monoisotopic (exact) mass is 221 g/mol. The minimum atomic E-state index is -0.326. The predicted octanol–water partition coefficient (Wildman–Crippen LogP) is 2.81. The quantitative estimate of drug-likeness (QED) is 0.770. The number of nitriles is 1. The lowest BCUT2D eigenvalue weighted by molar-refractivity contribution is 0.171. The van der Waals surface area contributed by atoms with Gasteiger partial charge in [-0.15, -0.1) is 0 Å². The van der Waals surface area contributed by atoms with Crippen LogP contribution in [0.3, 0.4) is 0 Å². The van der Waals surface area contributed by atoms with E-state index in [9.17, 15) is 5.26 Å². The fourth-order valence-corrected chi connectivity index (χ4v) is 1.99. The van der Waals surface area contributed by atoms with Crippen molar-refractivity contribution in [2.24, 2.45) is 5.41 Å². The van der Waals surface area contributed by atoms with E-state index in [-0.39, 0.29) is 5.41 Å². The molecule has 0 saturated carbocycles. The van der Waals surface area contributed by atoms with Crippen molar-refractivity contribution in [1.82, 2.24) is 0 Å². The molecule has 0 aliphatic carbocycles. The first-order valence-electron chi connectivity index (χ1n) is 4.98. The van der Waals surface area contributed by atoms with Gasteiger partial charge in [-0.25, -0.2) is 0 Å². The smallest absolute Gasteiger partial charge is 0.0868 e. The molecule has 78 valence electrons.